The third-order valence-electron chi connectivity index (χ3n) is 5.17. The Labute approximate surface area is 179 Å². The van der Waals surface area contributed by atoms with Gasteiger partial charge < -0.3 is 21.1 Å². The van der Waals surface area contributed by atoms with Crippen LogP contribution in [-0.4, -0.2) is 58.2 Å². The van der Waals surface area contributed by atoms with Gasteiger partial charge in [-0.15, -0.1) is 0 Å². The summed E-state index contributed by atoms with van der Waals surface area (Å²) in [5, 5.41) is 13.7. The van der Waals surface area contributed by atoms with Gasteiger partial charge in [0, 0.05) is 41.6 Å². The van der Waals surface area contributed by atoms with E-state index in [1.807, 2.05) is 30.1 Å². The molecule has 0 saturated carbocycles. The summed E-state index contributed by atoms with van der Waals surface area (Å²) >= 11 is 6.01. The van der Waals surface area contributed by atoms with Crippen LogP contribution in [0.25, 0.3) is 22.5 Å². The largest absolute Gasteiger partial charge is 0.396 e. The summed E-state index contributed by atoms with van der Waals surface area (Å²) in [6, 6.07) is 12.1. The van der Waals surface area contributed by atoms with Crippen LogP contribution in [0.3, 0.4) is 0 Å². The van der Waals surface area contributed by atoms with Crippen LogP contribution in [0, 0.1) is 0 Å². The van der Waals surface area contributed by atoms with Gasteiger partial charge in [-0.05, 0) is 37.4 Å². The van der Waals surface area contributed by atoms with Gasteiger partial charge in [-0.3, -0.25) is 9.78 Å². The standard InChI is InChI=1S/C22H22ClN5O2/c1-28-11-18(19(29)12-28)27-22(30)16-9-17(13-4-6-15(23)7-5-13)26-21(20(16)24)14-3-2-8-25-10-14/h2-10,18-19,29H,11-12,24H2,1H3,(H,27,30)/t18-,19+/m0/s1. The molecule has 1 saturated heterocycles. The molecule has 1 amide bonds. The highest BCUT2D eigenvalue weighted by Crippen LogP contribution is 2.31. The predicted molar refractivity (Wildman–Crippen MR) is 117 cm³/mol. The van der Waals surface area contributed by atoms with Gasteiger partial charge in [0.2, 0.25) is 0 Å². The van der Waals surface area contributed by atoms with Crippen molar-refractivity contribution in [2.75, 3.05) is 25.9 Å². The number of carbonyl (C=O) groups excluding carboxylic acids is 1. The quantitative estimate of drug-likeness (QED) is 0.595. The fourth-order valence-corrected chi connectivity index (χ4v) is 3.73. The molecule has 1 aliphatic heterocycles. The molecule has 0 bridgehead atoms. The summed E-state index contributed by atoms with van der Waals surface area (Å²) in [7, 11) is 1.90. The number of anilines is 1. The lowest BCUT2D eigenvalue weighted by atomic mass is 10.0. The fraction of sp³-hybridized carbons (Fsp3) is 0.227. The first-order valence-corrected chi connectivity index (χ1v) is 9.94. The second-order valence-electron chi connectivity index (χ2n) is 7.43. The maximum absolute atomic E-state index is 13.1. The van der Waals surface area contributed by atoms with Crippen LogP contribution in [0.2, 0.25) is 5.02 Å². The molecule has 3 heterocycles. The first-order valence-electron chi connectivity index (χ1n) is 9.56. The molecule has 8 heteroatoms. The molecule has 3 aromatic rings. The molecule has 0 spiro atoms. The Morgan fingerprint density at radius 3 is 2.63 bits per heavy atom. The van der Waals surface area contributed by atoms with Crippen LogP contribution < -0.4 is 11.1 Å². The zero-order valence-electron chi connectivity index (χ0n) is 16.4. The number of nitrogens with two attached hydrogens (primary N) is 1. The van der Waals surface area contributed by atoms with Crippen molar-refractivity contribution >= 4 is 23.2 Å². The third-order valence-corrected chi connectivity index (χ3v) is 5.42. The molecule has 1 aliphatic rings. The number of aliphatic hydroxyl groups is 1. The van der Waals surface area contributed by atoms with E-state index in [2.05, 4.69) is 10.3 Å². The van der Waals surface area contributed by atoms with Crippen LogP contribution in [0.4, 0.5) is 5.69 Å². The van der Waals surface area contributed by atoms with Crippen LogP contribution in [0.5, 0.6) is 0 Å². The number of rotatable bonds is 4. The number of carbonyl (C=O) groups is 1. The van der Waals surface area contributed by atoms with Crippen LogP contribution in [0.1, 0.15) is 10.4 Å². The van der Waals surface area contributed by atoms with Crippen molar-refractivity contribution in [2.45, 2.75) is 12.1 Å². The molecule has 1 aromatic carbocycles. The number of nitrogen functional groups attached to an aromatic ring is 1. The number of β-amino-alcohol motifs (C(OH)–C–C–N with tert-alkyl or cyclic N) is 1. The predicted octanol–water partition coefficient (Wildman–Crippen LogP) is 2.45. The molecule has 1 fully saturated rings. The fourth-order valence-electron chi connectivity index (χ4n) is 3.60. The summed E-state index contributed by atoms with van der Waals surface area (Å²) in [5.41, 5.74) is 9.52. The van der Waals surface area contributed by atoms with Crippen LogP contribution >= 0.6 is 11.6 Å². The third kappa shape index (κ3) is 4.14. The highest BCUT2D eigenvalue weighted by Gasteiger charge is 2.31. The Morgan fingerprint density at radius 1 is 1.23 bits per heavy atom. The average molecular weight is 424 g/mol. The second kappa shape index (κ2) is 8.39. The summed E-state index contributed by atoms with van der Waals surface area (Å²) in [5.74, 6) is -0.352. The Bertz CT molecular complexity index is 1060. The van der Waals surface area contributed by atoms with E-state index in [9.17, 15) is 9.90 Å². The number of nitrogens with one attached hydrogen (secondary N) is 1. The molecule has 2 atom stereocenters. The number of halogens is 1. The summed E-state index contributed by atoms with van der Waals surface area (Å²) in [6.45, 7) is 1.07. The lowest BCUT2D eigenvalue weighted by Gasteiger charge is -2.18. The van der Waals surface area contributed by atoms with Crippen molar-refractivity contribution in [3.05, 3.63) is 65.4 Å². The Morgan fingerprint density at radius 2 is 2.00 bits per heavy atom. The van der Waals surface area contributed by atoms with E-state index in [1.165, 1.54) is 0 Å². The van der Waals surface area contributed by atoms with Crippen molar-refractivity contribution in [2.24, 2.45) is 0 Å². The Kier molecular flexibility index (Phi) is 5.67. The van der Waals surface area contributed by atoms with E-state index in [-0.39, 0.29) is 17.6 Å². The molecule has 0 unspecified atom stereocenters. The number of amides is 1. The number of aliphatic hydroxyl groups excluding tert-OH is 1. The van der Waals surface area contributed by atoms with E-state index in [0.717, 1.165) is 5.56 Å². The van der Waals surface area contributed by atoms with Gasteiger partial charge in [-0.25, -0.2) is 4.98 Å². The number of hydrogen-bond donors (Lipinski definition) is 3. The van der Waals surface area contributed by atoms with Gasteiger partial charge in [0.1, 0.15) is 0 Å². The van der Waals surface area contributed by atoms with Crippen molar-refractivity contribution < 1.29 is 9.90 Å². The maximum atomic E-state index is 13.1. The first kappa shape index (κ1) is 20.3. The molecule has 0 aliphatic carbocycles. The minimum absolute atomic E-state index is 0.263. The summed E-state index contributed by atoms with van der Waals surface area (Å²) in [6.07, 6.45) is 2.69. The van der Waals surface area contributed by atoms with Gasteiger partial charge in [0.25, 0.3) is 5.91 Å². The van der Waals surface area contributed by atoms with E-state index in [4.69, 9.17) is 22.3 Å². The SMILES string of the molecule is CN1C[C@@H](O)[C@@H](NC(=O)c2cc(-c3ccc(Cl)cc3)nc(-c3cccnc3)c2N)C1. The highest BCUT2D eigenvalue weighted by atomic mass is 35.5. The number of aromatic nitrogens is 2. The molecular formula is C22H22ClN5O2. The van der Waals surface area contributed by atoms with Crippen LogP contribution in [-0.2, 0) is 0 Å². The number of likely N-dealkylation sites (N-methyl/N-ethyl adjacent to an activating group) is 1. The molecule has 2 aromatic heterocycles. The zero-order chi connectivity index (χ0) is 21.3. The van der Waals surface area contributed by atoms with E-state index in [0.29, 0.717) is 40.6 Å². The number of nitrogens with zero attached hydrogens (tertiary/aromatic N) is 3. The topological polar surface area (TPSA) is 104 Å². The van der Waals surface area contributed by atoms with Crippen molar-refractivity contribution in [1.29, 1.82) is 0 Å². The molecular weight excluding hydrogens is 402 g/mol. The normalized spacial score (nSPS) is 19.0. The van der Waals surface area contributed by atoms with Crippen molar-refractivity contribution in [3.8, 4) is 22.5 Å². The minimum atomic E-state index is -0.629. The molecule has 0 radical (unpaired) electrons. The second-order valence-corrected chi connectivity index (χ2v) is 7.87. The van der Waals surface area contributed by atoms with Crippen molar-refractivity contribution in [3.63, 3.8) is 0 Å². The average Bonchev–Trinajstić information content (AvgIpc) is 3.06. The molecule has 154 valence electrons. The first-order chi connectivity index (χ1) is 14.4. The zero-order valence-corrected chi connectivity index (χ0v) is 17.2. The smallest absolute Gasteiger partial charge is 0.253 e. The highest BCUT2D eigenvalue weighted by molar-refractivity contribution is 6.30. The Balaban J connectivity index is 1.77. The molecule has 4 rings (SSSR count). The molecule has 30 heavy (non-hydrogen) atoms. The van der Waals surface area contributed by atoms with Gasteiger partial charge in [0.15, 0.2) is 0 Å². The lowest BCUT2D eigenvalue weighted by Crippen LogP contribution is -2.43. The Hall–Kier alpha value is -3.00. The number of benzene rings is 1. The number of likely N-dealkylation sites (tertiary alicyclic amines) is 1. The van der Waals surface area contributed by atoms with Gasteiger partial charge in [0.05, 0.1) is 34.8 Å². The number of hydrogen-bond acceptors (Lipinski definition) is 6. The lowest BCUT2D eigenvalue weighted by molar-refractivity contribution is 0.0889. The minimum Gasteiger partial charge on any atom is -0.396 e. The molecule has 7 nitrogen and oxygen atoms in total. The van der Waals surface area contributed by atoms with Gasteiger partial charge >= 0.3 is 0 Å². The maximum Gasteiger partial charge on any atom is 0.253 e. The van der Waals surface area contributed by atoms with E-state index < -0.39 is 6.10 Å². The summed E-state index contributed by atoms with van der Waals surface area (Å²) < 4.78 is 0. The van der Waals surface area contributed by atoms with E-state index >= 15 is 0 Å². The van der Waals surface area contributed by atoms with E-state index in [1.54, 1.807) is 36.7 Å². The van der Waals surface area contributed by atoms with Crippen LogP contribution in [0.15, 0.2) is 54.9 Å². The van der Waals surface area contributed by atoms with Gasteiger partial charge in [-0.1, -0.05) is 23.7 Å². The monoisotopic (exact) mass is 423 g/mol. The van der Waals surface area contributed by atoms with Gasteiger partial charge in [-0.2, -0.15) is 0 Å². The van der Waals surface area contributed by atoms with Crippen molar-refractivity contribution in [1.82, 2.24) is 20.2 Å². The number of pyridine rings is 2. The molecule has 4 N–H and O–H groups in total. The summed E-state index contributed by atoms with van der Waals surface area (Å²) in [4.78, 5) is 23.9.